The number of carboxylic acid groups (broad SMARTS) is 3. The normalized spacial score (nSPS) is 17.1. The van der Waals surface area contributed by atoms with Gasteiger partial charge in [0.25, 0.3) is 0 Å². The number of hydrogen-bond donors (Lipinski definition) is 7. The van der Waals surface area contributed by atoms with Gasteiger partial charge < -0.3 is 34.9 Å². The molecule has 1 radical (unpaired) electrons. The summed E-state index contributed by atoms with van der Waals surface area (Å²) in [6.45, 7) is 9.13. The quantitative estimate of drug-likeness (QED) is 0.0834. The first-order valence-electron chi connectivity index (χ1n) is 18.8. The van der Waals surface area contributed by atoms with Gasteiger partial charge in [0.05, 0.1) is 26.2 Å². The van der Waals surface area contributed by atoms with Crippen LogP contribution < -0.4 is 9.84 Å². The largest absolute Gasteiger partial charge is 3.00 e. The summed E-state index contributed by atoms with van der Waals surface area (Å²) >= 11 is 0. The van der Waals surface area contributed by atoms with Gasteiger partial charge in [-0.2, -0.15) is 0 Å². The van der Waals surface area contributed by atoms with Crippen molar-refractivity contribution in [2.75, 3.05) is 84.9 Å². The van der Waals surface area contributed by atoms with Crippen LogP contribution in [0.5, 0.6) is 5.75 Å². The predicted molar refractivity (Wildman–Crippen MR) is 214 cm³/mol. The predicted octanol–water partition coefficient (Wildman–Crippen LogP) is 2.27. The summed E-state index contributed by atoms with van der Waals surface area (Å²) in [7, 11) is -9.15. The molecule has 1 saturated heterocycles. The summed E-state index contributed by atoms with van der Waals surface area (Å²) in [4.78, 5) is 83.8. The van der Waals surface area contributed by atoms with Crippen LogP contribution in [0.2, 0.25) is 0 Å². The molecule has 0 aromatic heterocycles. The third-order valence-corrected chi connectivity index (χ3v) is 11.2. The molecule has 1 aliphatic rings. The number of nitrogens with zero attached hydrogens (tertiary/aromatic N) is 4. The Labute approximate surface area is 376 Å². The molecule has 0 spiro atoms. The molecular formula is C37H57GdN5O14P2+3. The molecule has 0 bridgehead atoms. The van der Waals surface area contributed by atoms with E-state index in [4.69, 9.17) is 18.8 Å². The van der Waals surface area contributed by atoms with Crippen LogP contribution in [0.3, 0.4) is 0 Å². The van der Waals surface area contributed by atoms with Gasteiger partial charge in [-0.05, 0) is 93.0 Å². The molecular weight excluding hydrogens is 958 g/mol. The van der Waals surface area contributed by atoms with Gasteiger partial charge in [0.1, 0.15) is 18.1 Å². The summed E-state index contributed by atoms with van der Waals surface area (Å²) < 4.78 is 35.0. The second kappa shape index (κ2) is 24.3. The van der Waals surface area contributed by atoms with E-state index < -0.39 is 64.7 Å². The Morgan fingerprint density at radius 2 is 1.20 bits per heavy atom. The van der Waals surface area contributed by atoms with E-state index in [1.165, 1.54) is 0 Å². The van der Waals surface area contributed by atoms with E-state index in [0.29, 0.717) is 5.56 Å². The zero-order valence-electron chi connectivity index (χ0n) is 34.0. The Morgan fingerprint density at radius 1 is 0.712 bits per heavy atom. The third kappa shape index (κ3) is 18.6. The summed E-state index contributed by atoms with van der Waals surface area (Å²) in [5.74, 6) is -4.00. The molecule has 2 aromatic rings. The van der Waals surface area contributed by atoms with Crippen molar-refractivity contribution < 1.29 is 107 Å². The molecule has 2 unspecified atom stereocenters. The maximum atomic E-state index is 13.1. The zero-order chi connectivity index (χ0) is 43.4. The van der Waals surface area contributed by atoms with E-state index in [1.54, 1.807) is 32.6 Å². The van der Waals surface area contributed by atoms with Gasteiger partial charge in [0.2, 0.25) is 5.91 Å². The van der Waals surface area contributed by atoms with Gasteiger partial charge in [-0.15, -0.1) is 0 Å². The SMILES string of the molecule is Cc1cc(C)c(-c2cc(C)c(OP(=O)(O)OCCCC(C(=O)O)N3CCN(CC(=O)O)CCN(CC(=O)NCP(=O)(O)O)CCN(CC(=O)O)CC3)cc2C)c(C)c1.[Gd+3]. The van der Waals surface area contributed by atoms with E-state index >= 15 is 0 Å². The number of benzene rings is 2. The summed E-state index contributed by atoms with van der Waals surface area (Å²) in [6, 6.07) is 6.62. The Hall–Kier alpha value is -2.42. The number of aliphatic carboxylic acids is 3. The summed E-state index contributed by atoms with van der Waals surface area (Å²) in [5.41, 5.74) is 6.83. The number of carbonyl (C=O) groups is 4. The smallest absolute Gasteiger partial charge is 0.480 e. The summed E-state index contributed by atoms with van der Waals surface area (Å²) in [5, 5.41) is 31.6. The minimum Gasteiger partial charge on any atom is -0.480 e. The standard InChI is InChI=1S/C37H57N5O14P2.Gd/c1-25-17-28(4)36(29(5)18-25)30-19-27(3)32(20-26(30)2)56-58(53,54)55-16-6-7-31(37(48)49)42-14-12-40(22-34(44)45)10-8-39(21-33(43)38-24-57(50,51)52)9-11-41(13-15-42)23-35(46)47;/h17-20,31H,6-16,21-24H2,1-5H3,(H,38,43)(H,44,45)(H,46,47)(H,48,49)(H,53,54)(H2,50,51,52);/q;+3. The van der Waals surface area contributed by atoms with Crippen LogP contribution in [-0.4, -0.2) is 164 Å². The van der Waals surface area contributed by atoms with Crippen molar-refractivity contribution in [2.45, 2.75) is 53.5 Å². The number of phosphoric acid groups is 1. The average Bonchev–Trinajstić information content (AvgIpc) is 3.08. The number of phosphoric ester groups is 1. The van der Waals surface area contributed by atoms with Crippen molar-refractivity contribution in [1.82, 2.24) is 24.9 Å². The Morgan fingerprint density at radius 3 is 1.68 bits per heavy atom. The molecule has 19 nitrogen and oxygen atoms in total. The van der Waals surface area contributed by atoms with Crippen LogP contribution >= 0.6 is 15.4 Å². The minimum atomic E-state index is -4.64. The molecule has 1 fully saturated rings. The first-order chi connectivity index (χ1) is 27.0. The van der Waals surface area contributed by atoms with Crippen LogP contribution in [0, 0.1) is 74.6 Å². The van der Waals surface area contributed by atoms with Crippen molar-refractivity contribution in [1.29, 1.82) is 0 Å². The minimum absolute atomic E-state index is 0. The number of aryl methyl sites for hydroxylation is 5. The van der Waals surface area contributed by atoms with Gasteiger partial charge in [-0.1, -0.05) is 17.7 Å². The summed E-state index contributed by atoms with van der Waals surface area (Å²) in [6.07, 6.45) is -0.869. The maximum Gasteiger partial charge on any atom is 3.00 e. The molecule has 2 aromatic carbocycles. The second-order valence-electron chi connectivity index (χ2n) is 14.7. The number of nitrogens with one attached hydrogen (secondary N) is 1. The Bertz CT molecular complexity index is 1830. The molecule has 22 heteroatoms. The monoisotopic (exact) mass is 1020 g/mol. The molecule has 1 amide bonds. The fraction of sp³-hybridized carbons (Fsp3) is 0.568. The zero-order valence-corrected chi connectivity index (χ0v) is 38.0. The molecule has 1 heterocycles. The van der Waals surface area contributed by atoms with Crippen LogP contribution in [0.1, 0.15) is 40.7 Å². The molecule has 0 aliphatic carbocycles. The number of carboxylic acids is 3. The molecule has 2 atom stereocenters. The maximum absolute atomic E-state index is 13.1. The van der Waals surface area contributed by atoms with E-state index in [9.17, 15) is 48.5 Å². The van der Waals surface area contributed by atoms with Crippen LogP contribution in [0.15, 0.2) is 24.3 Å². The van der Waals surface area contributed by atoms with E-state index in [1.807, 2.05) is 33.8 Å². The van der Waals surface area contributed by atoms with Crippen molar-refractivity contribution in [3.8, 4) is 16.9 Å². The van der Waals surface area contributed by atoms with Gasteiger partial charge in [0, 0.05) is 52.4 Å². The number of hydrogen-bond acceptors (Lipinski definition) is 12. The van der Waals surface area contributed by atoms with Gasteiger partial charge >= 0.3 is 73.3 Å². The van der Waals surface area contributed by atoms with Crippen molar-refractivity contribution in [3.63, 3.8) is 0 Å². The van der Waals surface area contributed by atoms with Crippen molar-refractivity contribution in [2.24, 2.45) is 0 Å². The molecule has 3 rings (SSSR count). The molecule has 1 aliphatic heterocycles. The fourth-order valence-corrected chi connectivity index (χ4v) is 8.24. The van der Waals surface area contributed by atoms with Crippen molar-refractivity contribution in [3.05, 3.63) is 52.1 Å². The topological polar surface area (TPSA) is 267 Å². The van der Waals surface area contributed by atoms with Crippen LogP contribution in [-0.2, 0) is 32.8 Å². The second-order valence-corrected chi connectivity index (χ2v) is 17.7. The van der Waals surface area contributed by atoms with E-state index in [-0.39, 0.29) is 124 Å². The number of amides is 1. The van der Waals surface area contributed by atoms with Crippen LogP contribution in [0.25, 0.3) is 11.1 Å². The van der Waals surface area contributed by atoms with E-state index in [0.717, 1.165) is 33.4 Å². The third-order valence-electron chi connectivity index (χ3n) is 9.72. The molecule has 7 N–H and O–H groups in total. The Kier molecular flexibility index (Phi) is 21.7. The number of carbonyl (C=O) groups excluding carboxylic acids is 1. The Balaban J connectivity index is 0.0000120. The first-order valence-corrected chi connectivity index (χ1v) is 22.1. The van der Waals surface area contributed by atoms with Crippen molar-refractivity contribution >= 4 is 39.2 Å². The van der Waals surface area contributed by atoms with Crippen LogP contribution in [0.4, 0.5) is 0 Å². The van der Waals surface area contributed by atoms with E-state index in [2.05, 4.69) is 17.4 Å². The molecule has 0 saturated carbocycles. The molecule has 59 heavy (non-hydrogen) atoms. The average molecular weight is 1020 g/mol. The van der Waals surface area contributed by atoms with Gasteiger partial charge in [-0.25, -0.2) is 4.57 Å². The number of rotatable bonds is 18. The van der Waals surface area contributed by atoms with Gasteiger partial charge in [0.15, 0.2) is 0 Å². The van der Waals surface area contributed by atoms with Gasteiger partial charge in [-0.3, -0.25) is 52.8 Å². The first kappa shape index (κ1) is 52.7. The molecule has 329 valence electrons. The fourth-order valence-electron chi connectivity index (χ4n) is 7.00.